The molecule has 0 spiro atoms. The zero-order valence-electron chi connectivity index (χ0n) is 20.1. The van der Waals surface area contributed by atoms with Gasteiger partial charge in [-0.2, -0.15) is 0 Å². The van der Waals surface area contributed by atoms with E-state index in [1.807, 2.05) is 38.1 Å². The number of aromatic hydroxyl groups is 1. The number of allylic oxidation sites excluding steroid dienone is 7. The Labute approximate surface area is 193 Å². The molecule has 0 aromatic heterocycles. The first-order chi connectivity index (χ1) is 15.4. The Hall–Kier alpha value is -3.01. The van der Waals surface area contributed by atoms with Crippen LogP contribution in [0.5, 0.6) is 5.75 Å². The predicted octanol–water partition coefficient (Wildman–Crippen LogP) is 7.13. The van der Waals surface area contributed by atoms with Gasteiger partial charge in [0.05, 0.1) is 0 Å². The van der Waals surface area contributed by atoms with Gasteiger partial charge in [-0.15, -0.1) is 0 Å². The maximum atomic E-state index is 11.9. The van der Waals surface area contributed by atoms with Gasteiger partial charge in [0.1, 0.15) is 11.5 Å². The first kappa shape index (κ1) is 25.3. The lowest BCUT2D eigenvalue weighted by molar-refractivity contribution is -0.118. The third kappa shape index (κ3) is 6.74. The van der Waals surface area contributed by atoms with Crippen LogP contribution in [0.2, 0.25) is 0 Å². The molecule has 4 heteroatoms. The largest absolute Gasteiger partial charge is 0.508 e. The number of phenolic OH excluding ortho intramolecular Hbond substituents is 1. The van der Waals surface area contributed by atoms with Gasteiger partial charge in [0, 0.05) is 18.0 Å². The highest BCUT2D eigenvalue weighted by atomic mass is 16.5. The lowest BCUT2D eigenvalue weighted by Gasteiger charge is -2.33. The zero-order chi connectivity index (χ0) is 23.5. The summed E-state index contributed by atoms with van der Waals surface area (Å²) in [5.41, 5.74) is 4.39. The van der Waals surface area contributed by atoms with Gasteiger partial charge in [-0.1, -0.05) is 62.3 Å². The number of carbonyl (C=O) groups is 1. The smallest absolute Gasteiger partial charge is 0.216 e. The molecule has 1 heterocycles. The van der Waals surface area contributed by atoms with Crippen molar-refractivity contribution in [1.82, 2.24) is 4.90 Å². The van der Waals surface area contributed by atoms with Crippen LogP contribution >= 0.6 is 0 Å². The summed E-state index contributed by atoms with van der Waals surface area (Å²) >= 11 is 0. The van der Waals surface area contributed by atoms with Crippen molar-refractivity contribution in [3.05, 3.63) is 88.6 Å². The topological polar surface area (TPSA) is 49.8 Å². The molecule has 1 aromatic carbocycles. The van der Waals surface area contributed by atoms with Crippen LogP contribution in [0, 0.1) is 0 Å². The normalized spacial score (nSPS) is 18.5. The fourth-order valence-corrected chi connectivity index (χ4v) is 3.67. The molecule has 1 amide bonds. The number of hydrogen-bond acceptors (Lipinski definition) is 3. The van der Waals surface area contributed by atoms with E-state index in [0.717, 1.165) is 54.6 Å². The van der Waals surface area contributed by atoms with Crippen molar-refractivity contribution in [2.75, 3.05) is 6.54 Å². The van der Waals surface area contributed by atoms with E-state index in [2.05, 4.69) is 39.0 Å². The summed E-state index contributed by atoms with van der Waals surface area (Å²) < 4.78 is 6.50. The van der Waals surface area contributed by atoms with E-state index in [9.17, 15) is 9.90 Å². The molecular formula is C28H37NO3. The molecule has 1 N–H and O–H groups in total. The number of ether oxygens (including phenoxy) is 1. The highest BCUT2D eigenvalue weighted by Crippen LogP contribution is 2.37. The van der Waals surface area contributed by atoms with Crippen LogP contribution in [0.25, 0.3) is 0 Å². The monoisotopic (exact) mass is 435 g/mol. The minimum atomic E-state index is 0.130. The minimum absolute atomic E-state index is 0.130. The fraction of sp³-hybridized carbons (Fsp3) is 0.393. The van der Waals surface area contributed by atoms with Gasteiger partial charge >= 0.3 is 0 Å². The summed E-state index contributed by atoms with van der Waals surface area (Å²) in [6, 6.07) is 7.29. The molecule has 1 atom stereocenters. The first-order valence-corrected chi connectivity index (χ1v) is 11.5. The number of carbonyl (C=O) groups excluding carboxylic acids is 1. The van der Waals surface area contributed by atoms with Gasteiger partial charge in [-0.05, 0) is 69.4 Å². The van der Waals surface area contributed by atoms with Crippen LogP contribution in [-0.4, -0.2) is 23.0 Å². The second-order valence-electron chi connectivity index (χ2n) is 8.17. The zero-order valence-corrected chi connectivity index (χ0v) is 20.1. The highest BCUT2D eigenvalue weighted by molar-refractivity contribution is 5.53. The number of benzene rings is 1. The molecule has 0 aliphatic carbocycles. The quantitative estimate of drug-likeness (QED) is 0.242. The molecule has 0 radical (unpaired) electrons. The number of nitrogens with zero attached hydrogens (tertiary/aromatic N) is 1. The summed E-state index contributed by atoms with van der Waals surface area (Å²) in [6.45, 7) is 11.0. The lowest BCUT2D eigenvalue weighted by atomic mass is 9.87. The van der Waals surface area contributed by atoms with Crippen molar-refractivity contribution in [3.8, 4) is 5.75 Å². The van der Waals surface area contributed by atoms with E-state index < -0.39 is 0 Å². The molecule has 0 saturated heterocycles. The third-order valence-electron chi connectivity index (χ3n) is 5.76. The third-order valence-corrected chi connectivity index (χ3v) is 5.76. The molecule has 1 unspecified atom stereocenters. The molecule has 0 fully saturated rings. The maximum Gasteiger partial charge on any atom is 0.216 e. The van der Waals surface area contributed by atoms with Crippen molar-refractivity contribution in [2.24, 2.45) is 0 Å². The average molecular weight is 436 g/mol. The SMILES string of the molecule is C\C=C/C(=C\C=C(/C)CC)C(=C/CCC)/OC1=C(C)C(c2ccc(O)cc2)CCN1C=O. The standard InChI is InChI=1S/C28H37NO3/c1-6-9-11-27(24(10-7-2)13-12-21(4)8-3)32-28-22(5)26(18-19-29(28)20-30)23-14-16-25(31)17-15-23/h7,10-17,20,26,31H,6,8-9,18-19H2,1-5H3/b10-7-,21-12+,24-13+,27-11-. The van der Waals surface area contributed by atoms with Crippen LogP contribution in [-0.2, 0) is 9.53 Å². The van der Waals surface area contributed by atoms with Crippen molar-refractivity contribution in [1.29, 1.82) is 0 Å². The first-order valence-electron chi connectivity index (χ1n) is 11.5. The average Bonchev–Trinajstić information content (AvgIpc) is 2.80. The van der Waals surface area contributed by atoms with Crippen molar-refractivity contribution < 1.29 is 14.6 Å². The Balaban J connectivity index is 2.50. The summed E-state index contributed by atoms with van der Waals surface area (Å²) in [5.74, 6) is 1.74. The Morgan fingerprint density at radius 2 is 1.94 bits per heavy atom. The van der Waals surface area contributed by atoms with Crippen LogP contribution in [0.15, 0.2) is 83.0 Å². The minimum Gasteiger partial charge on any atom is -0.508 e. The summed E-state index contributed by atoms with van der Waals surface area (Å²) in [4.78, 5) is 13.5. The van der Waals surface area contributed by atoms with Crippen molar-refractivity contribution >= 4 is 6.41 Å². The summed E-state index contributed by atoms with van der Waals surface area (Å²) in [6.07, 6.45) is 14.9. The molecule has 2 rings (SSSR count). The Bertz CT molecular complexity index is 917. The Morgan fingerprint density at radius 1 is 1.22 bits per heavy atom. The highest BCUT2D eigenvalue weighted by Gasteiger charge is 2.28. The lowest BCUT2D eigenvalue weighted by Crippen LogP contribution is -2.32. The molecule has 172 valence electrons. The van der Waals surface area contributed by atoms with Gasteiger partial charge in [-0.25, -0.2) is 0 Å². The van der Waals surface area contributed by atoms with Crippen LogP contribution in [0.1, 0.15) is 71.8 Å². The van der Waals surface area contributed by atoms with Gasteiger partial charge in [0.25, 0.3) is 0 Å². The maximum absolute atomic E-state index is 11.9. The second kappa shape index (κ2) is 12.7. The molecular weight excluding hydrogens is 398 g/mol. The van der Waals surface area contributed by atoms with E-state index in [-0.39, 0.29) is 11.7 Å². The van der Waals surface area contributed by atoms with Gasteiger partial charge in [-0.3, -0.25) is 9.69 Å². The predicted molar refractivity (Wildman–Crippen MR) is 132 cm³/mol. The van der Waals surface area contributed by atoms with E-state index >= 15 is 0 Å². The van der Waals surface area contributed by atoms with E-state index in [1.54, 1.807) is 17.0 Å². The van der Waals surface area contributed by atoms with Crippen LogP contribution in [0.4, 0.5) is 0 Å². The molecule has 32 heavy (non-hydrogen) atoms. The second-order valence-corrected chi connectivity index (χ2v) is 8.17. The Kier molecular flexibility index (Phi) is 10.1. The number of hydrogen-bond donors (Lipinski definition) is 1. The van der Waals surface area contributed by atoms with Gasteiger partial charge < -0.3 is 9.84 Å². The van der Waals surface area contributed by atoms with Gasteiger partial charge in [0.15, 0.2) is 0 Å². The molecule has 4 nitrogen and oxygen atoms in total. The molecule has 1 aromatic rings. The summed E-state index contributed by atoms with van der Waals surface area (Å²) in [7, 11) is 0. The van der Waals surface area contributed by atoms with Crippen LogP contribution in [0.3, 0.4) is 0 Å². The molecule has 0 saturated carbocycles. The number of amides is 1. The molecule has 1 aliphatic rings. The van der Waals surface area contributed by atoms with Gasteiger partial charge in [0.2, 0.25) is 12.3 Å². The Morgan fingerprint density at radius 3 is 2.53 bits per heavy atom. The molecule has 0 bridgehead atoms. The molecule has 1 aliphatic heterocycles. The number of phenols is 1. The van der Waals surface area contributed by atoms with E-state index in [1.165, 1.54) is 5.57 Å². The van der Waals surface area contributed by atoms with Crippen molar-refractivity contribution in [2.45, 2.75) is 66.2 Å². The van der Waals surface area contributed by atoms with E-state index in [0.29, 0.717) is 12.4 Å². The number of rotatable bonds is 10. The fourth-order valence-electron chi connectivity index (χ4n) is 3.67. The van der Waals surface area contributed by atoms with Crippen molar-refractivity contribution in [3.63, 3.8) is 0 Å². The number of unbranched alkanes of at least 4 members (excludes halogenated alkanes) is 1. The van der Waals surface area contributed by atoms with Crippen LogP contribution < -0.4 is 0 Å². The van der Waals surface area contributed by atoms with E-state index in [4.69, 9.17) is 4.74 Å². The summed E-state index contributed by atoms with van der Waals surface area (Å²) in [5, 5.41) is 9.66.